The van der Waals surface area contributed by atoms with Crippen molar-refractivity contribution in [2.75, 3.05) is 38.2 Å². The monoisotopic (exact) mass is 324 g/mol. The Morgan fingerprint density at radius 3 is 3.14 bits per heavy atom. The second-order valence-corrected chi connectivity index (χ2v) is 6.12. The number of rotatable bonds is 6. The normalized spacial score (nSPS) is 19.1. The Balaban J connectivity index is 1.48. The second-order valence-electron chi connectivity index (χ2n) is 5.78. The maximum absolute atomic E-state index is 11.8. The van der Waals surface area contributed by atoms with Gasteiger partial charge in [0.25, 0.3) is 0 Å². The molecule has 22 heavy (non-hydrogen) atoms. The summed E-state index contributed by atoms with van der Waals surface area (Å²) >= 11 is 5.88. The summed E-state index contributed by atoms with van der Waals surface area (Å²) in [6, 6.07) is 0. The van der Waals surface area contributed by atoms with E-state index in [9.17, 15) is 4.79 Å². The number of ether oxygens (including phenoxy) is 1. The lowest BCUT2D eigenvalue weighted by atomic mass is 10.2. The van der Waals surface area contributed by atoms with Gasteiger partial charge in [0.15, 0.2) is 0 Å². The maximum Gasteiger partial charge on any atom is 0.248 e. The van der Waals surface area contributed by atoms with Crippen LogP contribution in [0.4, 0.5) is 5.82 Å². The van der Waals surface area contributed by atoms with E-state index in [1.807, 2.05) is 11.1 Å². The van der Waals surface area contributed by atoms with Crippen LogP contribution in [0.25, 0.3) is 0 Å². The number of nitrogens with zero attached hydrogens (tertiary/aromatic N) is 3. The third-order valence-electron chi connectivity index (χ3n) is 4.00. The first-order valence-electron chi connectivity index (χ1n) is 7.86. The van der Waals surface area contributed by atoms with Crippen molar-refractivity contribution in [2.24, 2.45) is 0 Å². The van der Waals surface area contributed by atoms with Crippen molar-refractivity contribution >= 4 is 23.3 Å². The van der Waals surface area contributed by atoms with E-state index in [2.05, 4.69) is 15.3 Å². The van der Waals surface area contributed by atoms with Crippen molar-refractivity contribution in [1.82, 2.24) is 14.9 Å². The van der Waals surface area contributed by atoms with Crippen LogP contribution in [0.5, 0.6) is 0 Å². The van der Waals surface area contributed by atoms with Crippen LogP contribution in [0.1, 0.15) is 37.2 Å². The number of halogens is 1. The first-order chi connectivity index (χ1) is 10.7. The largest absolute Gasteiger partial charge is 0.372 e. The molecule has 1 aliphatic carbocycles. The van der Waals surface area contributed by atoms with E-state index in [1.54, 1.807) is 0 Å². The highest BCUT2D eigenvalue weighted by atomic mass is 35.5. The van der Waals surface area contributed by atoms with Crippen molar-refractivity contribution in [1.29, 1.82) is 0 Å². The standard InChI is InChI=1S/C15H21ClN4O2/c16-15-18-9-12(11-3-4-11)14(19-15)17-5-1-6-20-7-2-8-22-10-13(20)21/h9,11H,1-8,10H2,(H,17,18,19). The molecule has 2 heterocycles. The van der Waals surface area contributed by atoms with Crippen LogP contribution in [0.2, 0.25) is 5.28 Å². The van der Waals surface area contributed by atoms with Gasteiger partial charge in [-0.1, -0.05) is 0 Å². The molecular formula is C15H21ClN4O2. The Kier molecular flexibility index (Phi) is 5.10. The number of carbonyl (C=O) groups excluding carboxylic acids is 1. The molecule has 0 unspecified atom stereocenters. The van der Waals surface area contributed by atoms with Crippen molar-refractivity contribution in [2.45, 2.75) is 31.6 Å². The molecule has 0 aromatic carbocycles. The summed E-state index contributed by atoms with van der Waals surface area (Å²) in [5.41, 5.74) is 1.16. The van der Waals surface area contributed by atoms with E-state index in [1.165, 1.54) is 12.8 Å². The summed E-state index contributed by atoms with van der Waals surface area (Å²) in [5.74, 6) is 1.50. The van der Waals surface area contributed by atoms with Gasteiger partial charge in [0.2, 0.25) is 11.2 Å². The minimum absolute atomic E-state index is 0.0845. The van der Waals surface area contributed by atoms with Crippen molar-refractivity contribution in [3.63, 3.8) is 0 Å². The Morgan fingerprint density at radius 1 is 1.45 bits per heavy atom. The fourth-order valence-corrected chi connectivity index (χ4v) is 2.78. The topological polar surface area (TPSA) is 67.3 Å². The number of anilines is 1. The zero-order valence-corrected chi connectivity index (χ0v) is 13.3. The predicted octanol–water partition coefficient (Wildman–Crippen LogP) is 2.06. The van der Waals surface area contributed by atoms with Gasteiger partial charge in [-0.25, -0.2) is 9.97 Å². The molecule has 1 N–H and O–H groups in total. The number of hydrogen-bond acceptors (Lipinski definition) is 5. The Morgan fingerprint density at radius 2 is 2.32 bits per heavy atom. The molecule has 1 amide bonds. The van der Waals surface area contributed by atoms with Gasteiger partial charge in [0, 0.05) is 38.0 Å². The van der Waals surface area contributed by atoms with Crippen LogP contribution in [0.15, 0.2) is 6.20 Å². The molecule has 1 aliphatic heterocycles. The van der Waals surface area contributed by atoms with Gasteiger partial charge in [0.05, 0.1) is 0 Å². The zero-order valence-electron chi connectivity index (χ0n) is 12.6. The highest BCUT2D eigenvalue weighted by Crippen LogP contribution is 2.42. The highest BCUT2D eigenvalue weighted by molar-refractivity contribution is 6.28. The summed E-state index contributed by atoms with van der Waals surface area (Å²) in [6.45, 7) is 3.17. The molecular weight excluding hydrogens is 304 g/mol. The lowest BCUT2D eigenvalue weighted by Crippen LogP contribution is -2.34. The molecule has 3 rings (SSSR count). The minimum Gasteiger partial charge on any atom is -0.372 e. The van der Waals surface area contributed by atoms with Crippen LogP contribution in [0, 0.1) is 0 Å². The Hall–Kier alpha value is -1.40. The summed E-state index contributed by atoms with van der Waals surface area (Å²) in [6.07, 6.45) is 6.00. The van der Waals surface area contributed by atoms with Crippen LogP contribution in [0.3, 0.4) is 0 Å². The Labute approximate surface area is 135 Å². The number of nitrogens with one attached hydrogen (secondary N) is 1. The van der Waals surface area contributed by atoms with E-state index < -0.39 is 0 Å². The van der Waals surface area contributed by atoms with Gasteiger partial charge in [-0.05, 0) is 43.2 Å². The summed E-state index contributed by atoms with van der Waals surface area (Å²) < 4.78 is 5.24. The smallest absolute Gasteiger partial charge is 0.248 e. The molecule has 0 spiro atoms. The predicted molar refractivity (Wildman–Crippen MR) is 84.1 cm³/mol. The highest BCUT2D eigenvalue weighted by Gasteiger charge is 2.27. The minimum atomic E-state index is 0.0845. The molecule has 7 heteroatoms. The van der Waals surface area contributed by atoms with E-state index in [-0.39, 0.29) is 17.8 Å². The number of hydrogen-bond donors (Lipinski definition) is 1. The molecule has 1 aromatic rings. The first kappa shape index (κ1) is 15.5. The molecule has 1 saturated heterocycles. The SMILES string of the molecule is O=C1COCCCN1CCCNc1nc(Cl)ncc1C1CC1. The number of carbonyl (C=O) groups is 1. The van der Waals surface area contributed by atoms with E-state index >= 15 is 0 Å². The quantitative estimate of drug-likeness (QED) is 0.641. The average Bonchev–Trinajstić information content (AvgIpc) is 3.33. The molecule has 6 nitrogen and oxygen atoms in total. The van der Waals surface area contributed by atoms with Crippen LogP contribution in [-0.2, 0) is 9.53 Å². The molecule has 1 aromatic heterocycles. The van der Waals surface area contributed by atoms with Gasteiger partial charge in [-0.3, -0.25) is 4.79 Å². The second kappa shape index (κ2) is 7.24. The van der Waals surface area contributed by atoms with E-state index in [0.29, 0.717) is 12.5 Å². The van der Waals surface area contributed by atoms with E-state index in [0.717, 1.165) is 43.9 Å². The summed E-state index contributed by atoms with van der Waals surface area (Å²) in [4.78, 5) is 22.1. The van der Waals surface area contributed by atoms with Crippen molar-refractivity contribution < 1.29 is 9.53 Å². The fraction of sp³-hybridized carbons (Fsp3) is 0.667. The van der Waals surface area contributed by atoms with Gasteiger partial charge in [0.1, 0.15) is 12.4 Å². The van der Waals surface area contributed by atoms with Gasteiger partial charge in [-0.15, -0.1) is 0 Å². The fourth-order valence-electron chi connectivity index (χ4n) is 2.65. The molecule has 2 fully saturated rings. The molecule has 1 saturated carbocycles. The first-order valence-corrected chi connectivity index (χ1v) is 8.23. The molecule has 0 atom stereocenters. The van der Waals surface area contributed by atoms with Gasteiger partial charge < -0.3 is 15.0 Å². The molecule has 2 aliphatic rings. The number of amides is 1. The van der Waals surface area contributed by atoms with Crippen LogP contribution in [-0.4, -0.2) is 53.6 Å². The molecule has 0 radical (unpaired) electrons. The Bertz CT molecular complexity index is 536. The lowest BCUT2D eigenvalue weighted by Gasteiger charge is -2.20. The lowest BCUT2D eigenvalue weighted by molar-refractivity contribution is -0.133. The van der Waals surface area contributed by atoms with Crippen molar-refractivity contribution in [3.05, 3.63) is 17.0 Å². The summed E-state index contributed by atoms with van der Waals surface area (Å²) in [5, 5.41) is 3.61. The van der Waals surface area contributed by atoms with Crippen molar-refractivity contribution in [3.8, 4) is 0 Å². The van der Waals surface area contributed by atoms with Gasteiger partial charge in [-0.2, -0.15) is 0 Å². The molecule has 0 bridgehead atoms. The summed E-state index contributed by atoms with van der Waals surface area (Å²) in [7, 11) is 0. The third kappa shape index (κ3) is 4.08. The maximum atomic E-state index is 11.8. The number of aromatic nitrogens is 2. The third-order valence-corrected chi connectivity index (χ3v) is 4.18. The van der Waals surface area contributed by atoms with Gasteiger partial charge >= 0.3 is 0 Å². The van der Waals surface area contributed by atoms with Crippen LogP contribution >= 0.6 is 11.6 Å². The van der Waals surface area contributed by atoms with Crippen LogP contribution < -0.4 is 5.32 Å². The zero-order chi connectivity index (χ0) is 15.4. The van der Waals surface area contributed by atoms with E-state index in [4.69, 9.17) is 16.3 Å². The molecule has 120 valence electrons. The average molecular weight is 325 g/mol.